The summed E-state index contributed by atoms with van der Waals surface area (Å²) in [5.41, 5.74) is 3.61. The van der Waals surface area contributed by atoms with E-state index >= 15 is 0 Å². The number of phenolic OH excluding ortho intramolecular Hbond substituents is 1. The van der Waals surface area contributed by atoms with Crippen LogP contribution >= 0.6 is 0 Å². The lowest BCUT2D eigenvalue weighted by molar-refractivity contribution is 0.0694. The van der Waals surface area contributed by atoms with E-state index in [2.05, 4.69) is 13.8 Å². The molecule has 0 atom stereocenters. The summed E-state index contributed by atoms with van der Waals surface area (Å²) in [7, 11) is 0. The molecule has 0 radical (unpaired) electrons. The van der Waals surface area contributed by atoms with Crippen molar-refractivity contribution < 1.29 is 15.0 Å². The van der Waals surface area contributed by atoms with Crippen LogP contribution in [0, 0.1) is 6.92 Å². The highest BCUT2D eigenvalue weighted by Crippen LogP contribution is 2.35. The Balaban J connectivity index is 3.60. The smallest absolute Gasteiger partial charge is 0.336 e. The van der Waals surface area contributed by atoms with Gasteiger partial charge in [-0.2, -0.15) is 0 Å². The Morgan fingerprint density at radius 1 is 1.00 bits per heavy atom. The van der Waals surface area contributed by atoms with Crippen molar-refractivity contribution in [1.82, 2.24) is 0 Å². The van der Waals surface area contributed by atoms with Crippen LogP contribution < -0.4 is 0 Å². The normalized spacial score (nSPS) is 10.8. The van der Waals surface area contributed by atoms with Crippen molar-refractivity contribution in [2.75, 3.05) is 0 Å². The number of aromatic hydroxyl groups is 1. The number of carbonyl (C=O) groups is 1. The van der Waals surface area contributed by atoms with Crippen molar-refractivity contribution in [2.24, 2.45) is 0 Å². The molecule has 0 aliphatic heterocycles. The number of hydrogen-bond donors (Lipinski definition) is 2. The number of hydrogen-bond acceptors (Lipinski definition) is 2. The second-order valence-corrected chi connectivity index (χ2v) is 5.30. The van der Waals surface area contributed by atoms with Crippen LogP contribution in [0.4, 0.5) is 0 Å². The van der Waals surface area contributed by atoms with E-state index in [0.717, 1.165) is 54.4 Å². The molecule has 20 heavy (non-hydrogen) atoms. The molecule has 0 saturated carbocycles. The van der Waals surface area contributed by atoms with Gasteiger partial charge in [-0.1, -0.05) is 33.6 Å². The third kappa shape index (κ3) is 3.14. The summed E-state index contributed by atoms with van der Waals surface area (Å²) < 4.78 is 0. The van der Waals surface area contributed by atoms with Crippen LogP contribution in [0.1, 0.15) is 72.6 Å². The zero-order valence-electron chi connectivity index (χ0n) is 13.0. The molecule has 3 nitrogen and oxygen atoms in total. The number of phenols is 1. The molecule has 2 N–H and O–H groups in total. The minimum absolute atomic E-state index is 0.322. The summed E-state index contributed by atoms with van der Waals surface area (Å²) in [4.78, 5) is 11.7. The van der Waals surface area contributed by atoms with Crippen molar-refractivity contribution >= 4 is 5.97 Å². The topological polar surface area (TPSA) is 57.5 Å². The maximum atomic E-state index is 11.7. The van der Waals surface area contributed by atoms with Crippen LogP contribution in [0.15, 0.2) is 0 Å². The third-order valence-corrected chi connectivity index (χ3v) is 3.91. The highest BCUT2D eigenvalue weighted by molar-refractivity contribution is 5.92. The highest BCUT2D eigenvalue weighted by atomic mass is 16.4. The van der Waals surface area contributed by atoms with Gasteiger partial charge in [-0.3, -0.25) is 0 Å². The SMILES string of the molecule is CCCCc1c(CCC)c(O)c(CC)c(C)c1C(=O)O. The molecule has 0 fully saturated rings. The first kappa shape index (κ1) is 16.5. The van der Waals surface area contributed by atoms with Crippen molar-refractivity contribution in [3.63, 3.8) is 0 Å². The number of rotatable bonds is 7. The molecular formula is C17H26O3. The fraction of sp³-hybridized carbons (Fsp3) is 0.588. The van der Waals surface area contributed by atoms with E-state index in [0.29, 0.717) is 17.7 Å². The predicted octanol–water partition coefficient (Wildman–Crippen LogP) is 4.26. The second kappa shape index (κ2) is 7.32. The van der Waals surface area contributed by atoms with Gasteiger partial charge in [0.2, 0.25) is 0 Å². The van der Waals surface area contributed by atoms with Gasteiger partial charge in [0.1, 0.15) is 5.75 Å². The Kier molecular flexibility index (Phi) is 6.05. The van der Waals surface area contributed by atoms with E-state index in [1.54, 1.807) is 0 Å². The number of carboxylic acids is 1. The average Bonchev–Trinajstić information content (AvgIpc) is 2.40. The second-order valence-electron chi connectivity index (χ2n) is 5.30. The Bertz CT molecular complexity index is 490. The van der Waals surface area contributed by atoms with Crippen LogP contribution in [-0.2, 0) is 19.3 Å². The molecule has 0 bridgehead atoms. The summed E-state index contributed by atoms with van der Waals surface area (Å²) in [6, 6.07) is 0. The van der Waals surface area contributed by atoms with Gasteiger partial charge < -0.3 is 10.2 Å². The molecule has 0 spiro atoms. The maximum absolute atomic E-state index is 11.7. The minimum atomic E-state index is -0.874. The van der Waals surface area contributed by atoms with Gasteiger partial charge in [-0.25, -0.2) is 4.79 Å². The van der Waals surface area contributed by atoms with E-state index in [1.807, 2.05) is 13.8 Å². The molecule has 0 unspecified atom stereocenters. The van der Waals surface area contributed by atoms with E-state index in [9.17, 15) is 15.0 Å². The monoisotopic (exact) mass is 278 g/mol. The lowest BCUT2D eigenvalue weighted by Crippen LogP contribution is -2.12. The fourth-order valence-electron chi connectivity index (χ4n) is 2.90. The molecule has 0 heterocycles. The maximum Gasteiger partial charge on any atom is 0.336 e. The number of unbranched alkanes of at least 4 members (excludes halogenated alkanes) is 1. The molecule has 0 amide bonds. The van der Waals surface area contributed by atoms with E-state index in [-0.39, 0.29) is 0 Å². The molecular weight excluding hydrogens is 252 g/mol. The van der Waals surface area contributed by atoms with Gasteiger partial charge in [0.05, 0.1) is 5.56 Å². The number of benzene rings is 1. The zero-order chi connectivity index (χ0) is 15.3. The zero-order valence-corrected chi connectivity index (χ0v) is 13.0. The van der Waals surface area contributed by atoms with Gasteiger partial charge in [0.15, 0.2) is 0 Å². The van der Waals surface area contributed by atoms with Crippen LogP contribution in [0.2, 0.25) is 0 Å². The summed E-state index contributed by atoms with van der Waals surface area (Å²) in [6.45, 7) is 7.91. The molecule has 0 saturated heterocycles. The molecule has 112 valence electrons. The molecule has 3 heteroatoms. The largest absolute Gasteiger partial charge is 0.507 e. The quantitative estimate of drug-likeness (QED) is 0.783. The van der Waals surface area contributed by atoms with E-state index < -0.39 is 5.97 Å². The van der Waals surface area contributed by atoms with Crippen LogP contribution in [0.3, 0.4) is 0 Å². The predicted molar refractivity (Wildman–Crippen MR) is 81.8 cm³/mol. The first-order valence-electron chi connectivity index (χ1n) is 7.58. The van der Waals surface area contributed by atoms with Gasteiger partial charge >= 0.3 is 5.97 Å². The Morgan fingerprint density at radius 2 is 1.65 bits per heavy atom. The molecule has 1 aromatic rings. The van der Waals surface area contributed by atoms with Crippen LogP contribution in [0.25, 0.3) is 0 Å². The standard InChI is InChI=1S/C17H26O3/c1-5-8-10-13-14(9-6-2)16(18)12(7-3)11(4)15(13)17(19)20/h18H,5-10H2,1-4H3,(H,19,20). The summed E-state index contributed by atoms with van der Waals surface area (Å²) in [6.07, 6.45) is 4.98. The van der Waals surface area contributed by atoms with Gasteiger partial charge in [-0.05, 0) is 54.9 Å². The molecule has 0 aliphatic rings. The number of carboxylic acid groups (broad SMARTS) is 1. The molecule has 0 aromatic heterocycles. The lowest BCUT2D eigenvalue weighted by Gasteiger charge is -2.20. The van der Waals surface area contributed by atoms with Gasteiger partial charge in [-0.15, -0.1) is 0 Å². The van der Waals surface area contributed by atoms with E-state index in [1.165, 1.54) is 0 Å². The molecule has 1 aromatic carbocycles. The number of aromatic carboxylic acids is 1. The highest BCUT2D eigenvalue weighted by Gasteiger charge is 2.23. The molecule has 1 rings (SSSR count). The summed E-state index contributed by atoms with van der Waals surface area (Å²) >= 11 is 0. The Hall–Kier alpha value is -1.51. The van der Waals surface area contributed by atoms with Crippen LogP contribution in [0.5, 0.6) is 5.75 Å². The van der Waals surface area contributed by atoms with Gasteiger partial charge in [0.25, 0.3) is 0 Å². The third-order valence-electron chi connectivity index (χ3n) is 3.91. The fourth-order valence-corrected chi connectivity index (χ4v) is 2.90. The van der Waals surface area contributed by atoms with Crippen molar-refractivity contribution in [3.05, 3.63) is 27.8 Å². The first-order chi connectivity index (χ1) is 9.49. The first-order valence-corrected chi connectivity index (χ1v) is 7.58. The lowest BCUT2D eigenvalue weighted by atomic mass is 9.86. The summed E-state index contributed by atoms with van der Waals surface area (Å²) in [5.74, 6) is -0.552. The van der Waals surface area contributed by atoms with Gasteiger partial charge in [0, 0.05) is 0 Å². The van der Waals surface area contributed by atoms with E-state index in [4.69, 9.17) is 0 Å². The van der Waals surface area contributed by atoms with Crippen LogP contribution in [-0.4, -0.2) is 16.2 Å². The average molecular weight is 278 g/mol. The minimum Gasteiger partial charge on any atom is -0.507 e. The molecule has 0 aliphatic carbocycles. The van der Waals surface area contributed by atoms with Crippen molar-refractivity contribution in [1.29, 1.82) is 0 Å². The Labute approximate surface area is 121 Å². The van der Waals surface area contributed by atoms with Crippen molar-refractivity contribution in [3.8, 4) is 5.75 Å². The Morgan fingerprint density at radius 3 is 2.10 bits per heavy atom. The summed E-state index contributed by atoms with van der Waals surface area (Å²) in [5, 5.41) is 20.1. The van der Waals surface area contributed by atoms with Crippen molar-refractivity contribution in [2.45, 2.75) is 66.2 Å².